The normalized spacial score (nSPS) is 15.6. The zero-order valence-electron chi connectivity index (χ0n) is 10.4. The first-order valence-electron chi connectivity index (χ1n) is 5.99. The molecule has 0 aliphatic heterocycles. The summed E-state index contributed by atoms with van der Waals surface area (Å²) in [7, 11) is 0. The third kappa shape index (κ3) is 9.62. The van der Waals surface area contributed by atoms with Crippen LogP contribution in [0.3, 0.4) is 0 Å². The van der Waals surface area contributed by atoms with Gasteiger partial charge in [-0.2, -0.15) is 0 Å². The lowest BCUT2D eigenvalue weighted by atomic mass is 10.1. The van der Waals surface area contributed by atoms with Gasteiger partial charge in [0.1, 0.15) is 0 Å². The van der Waals surface area contributed by atoms with Gasteiger partial charge in [0.05, 0.1) is 12.2 Å². The lowest BCUT2D eigenvalue weighted by Crippen LogP contribution is -2.24. The van der Waals surface area contributed by atoms with Crippen LogP contribution < -0.4 is 0 Å². The average molecular weight is 234 g/mol. The number of terminal acetylenes is 1. The van der Waals surface area contributed by atoms with E-state index in [0.29, 0.717) is 12.8 Å². The van der Waals surface area contributed by atoms with Crippen LogP contribution in [0.2, 0.25) is 0 Å². The van der Waals surface area contributed by atoms with Crippen molar-refractivity contribution < 1.29 is 10.2 Å². The second-order valence-electron chi connectivity index (χ2n) is 3.76. The Bertz CT molecular complexity index is 295. The van der Waals surface area contributed by atoms with Gasteiger partial charge in [-0.1, -0.05) is 43.2 Å². The second-order valence-corrected chi connectivity index (χ2v) is 3.76. The molecule has 0 unspecified atom stereocenters. The molecule has 0 radical (unpaired) electrons. The highest BCUT2D eigenvalue weighted by Crippen LogP contribution is 2.05. The molecular weight excluding hydrogens is 212 g/mol. The van der Waals surface area contributed by atoms with Gasteiger partial charge in [-0.3, -0.25) is 0 Å². The van der Waals surface area contributed by atoms with Crippen molar-refractivity contribution in [2.45, 2.75) is 44.8 Å². The summed E-state index contributed by atoms with van der Waals surface area (Å²) in [6.45, 7) is 2.09. The molecule has 0 saturated carbocycles. The molecule has 0 aromatic carbocycles. The minimum absolute atomic E-state index is 0.384. The second kappa shape index (κ2) is 11.2. The summed E-state index contributed by atoms with van der Waals surface area (Å²) < 4.78 is 0. The Kier molecular flexibility index (Phi) is 10.3. The van der Waals surface area contributed by atoms with Crippen molar-refractivity contribution in [3.05, 3.63) is 36.5 Å². The first-order chi connectivity index (χ1) is 8.22. The van der Waals surface area contributed by atoms with Gasteiger partial charge in [0.25, 0.3) is 0 Å². The molecule has 0 bridgehead atoms. The van der Waals surface area contributed by atoms with Crippen LogP contribution in [0.15, 0.2) is 36.5 Å². The number of rotatable bonds is 8. The molecular formula is C15H22O2. The highest BCUT2D eigenvalue weighted by Gasteiger charge is 2.12. The van der Waals surface area contributed by atoms with E-state index in [1.54, 1.807) is 6.08 Å². The largest absolute Gasteiger partial charge is 0.390 e. The lowest BCUT2D eigenvalue weighted by molar-refractivity contribution is 0.0238. The van der Waals surface area contributed by atoms with Crippen molar-refractivity contribution in [3.63, 3.8) is 0 Å². The van der Waals surface area contributed by atoms with Crippen molar-refractivity contribution in [2.24, 2.45) is 0 Å². The third-order valence-electron chi connectivity index (χ3n) is 2.25. The van der Waals surface area contributed by atoms with E-state index in [0.717, 1.165) is 12.8 Å². The van der Waals surface area contributed by atoms with E-state index in [2.05, 4.69) is 25.0 Å². The summed E-state index contributed by atoms with van der Waals surface area (Å²) in [5.74, 6) is 2.34. The summed E-state index contributed by atoms with van der Waals surface area (Å²) in [6, 6.07) is 0. The van der Waals surface area contributed by atoms with Crippen molar-refractivity contribution >= 4 is 0 Å². The smallest absolute Gasteiger partial charge is 0.0836 e. The van der Waals surface area contributed by atoms with Gasteiger partial charge in [0, 0.05) is 0 Å². The Morgan fingerprint density at radius 2 is 1.59 bits per heavy atom. The highest BCUT2D eigenvalue weighted by molar-refractivity contribution is 5.09. The first-order valence-corrected chi connectivity index (χ1v) is 5.99. The molecule has 2 atom stereocenters. The van der Waals surface area contributed by atoms with E-state index in [1.807, 2.05) is 12.2 Å². The van der Waals surface area contributed by atoms with Crippen molar-refractivity contribution in [1.82, 2.24) is 0 Å². The molecule has 0 rings (SSSR count). The molecule has 0 aromatic heterocycles. The van der Waals surface area contributed by atoms with Gasteiger partial charge >= 0.3 is 0 Å². The van der Waals surface area contributed by atoms with Gasteiger partial charge in [0.2, 0.25) is 0 Å². The van der Waals surface area contributed by atoms with Crippen molar-refractivity contribution in [3.8, 4) is 12.3 Å². The van der Waals surface area contributed by atoms with Crippen LogP contribution in [-0.4, -0.2) is 22.4 Å². The number of aliphatic hydroxyl groups excluding tert-OH is 2. The number of hydrogen-bond donors (Lipinski definition) is 2. The van der Waals surface area contributed by atoms with Crippen LogP contribution in [0, 0.1) is 12.3 Å². The van der Waals surface area contributed by atoms with Gasteiger partial charge in [0.15, 0.2) is 0 Å². The summed E-state index contributed by atoms with van der Waals surface area (Å²) >= 11 is 0. The van der Waals surface area contributed by atoms with E-state index in [1.165, 1.54) is 6.08 Å². The summed E-state index contributed by atoms with van der Waals surface area (Å²) in [5, 5.41) is 19.2. The molecule has 0 amide bonds. The fourth-order valence-corrected chi connectivity index (χ4v) is 1.26. The lowest BCUT2D eigenvalue weighted by Gasteiger charge is -2.13. The molecule has 2 nitrogen and oxygen atoms in total. The molecule has 0 fully saturated rings. The van der Waals surface area contributed by atoms with Crippen LogP contribution in [0.25, 0.3) is 0 Å². The van der Waals surface area contributed by atoms with Gasteiger partial charge in [-0.25, -0.2) is 0 Å². The predicted octanol–water partition coefficient (Wildman–Crippen LogP) is 2.59. The topological polar surface area (TPSA) is 40.5 Å². The molecule has 2 heteroatoms. The maximum absolute atomic E-state index is 9.61. The minimum Gasteiger partial charge on any atom is -0.390 e. The molecule has 2 N–H and O–H groups in total. The first kappa shape index (κ1) is 15.7. The average Bonchev–Trinajstić information content (AvgIpc) is 2.33. The Labute approximate surface area is 104 Å². The van der Waals surface area contributed by atoms with E-state index in [9.17, 15) is 10.2 Å². The number of allylic oxidation sites excluding steroid dienone is 4. The van der Waals surface area contributed by atoms with E-state index >= 15 is 0 Å². The molecule has 0 spiro atoms. The molecule has 0 saturated heterocycles. The minimum atomic E-state index is -0.754. The van der Waals surface area contributed by atoms with E-state index in [-0.39, 0.29) is 0 Å². The Hall–Kier alpha value is -1.30. The Balaban J connectivity index is 3.77. The number of aliphatic hydroxyl groups is 2. The van der Waals surface area contributed by atoms with E-state index < -0.39 is 12.2 Å². The van der Waals surface area contributed by atoms with Crippen LogP contribution >= 0.6 is 0 Å². The fraction of sp³-hybridized carbons (Fsp3) is 0.467. The van der Waals surface area contributed by atoms with Crippen LogP contribution in [0.5, 0.6) is 0 Å². The van der Waals surface area contributed by atoms with E-state index in [4.69, 9.17) is 6.42 Å². The zero-order chi connectivity index (χ0) is 12.9. The Morgan fingerprint density at radius 3 is 2.18 bits per heavy atom. The quantitative estimate of drug-likeness (QED) is 0.500. The number of hydrogen-bond acceptors (Lipinski definition) is 2. The summed E-state index contributed by atoms with van der Waals surface area (Å²) in [6.07, 6.45) is 17.6. The highest BCUT2D eigenvalue weighted by atomic mass is 16.3. The van der Waals surface area contributed by atoms with Gasteiger partial charge in [-0.15, -0.1) is 6.42 Å². The third-order valence-corrected chi connectivity index (χ3v) is 2.25. The SMILES string of the molecule is C#C/C=C\C[C@@H](O)[C@H](O)C/C=C\C/C=C\CC. The van der Waals surface area contributed by atoms with Crippen LogP contribution in [0.1, 0.15) is 32.6 Å². The molecule has 0 aliphatic rings. The van der Waals surface area contributed by atoms with Gasteiger partial charge in [-0.05, 0) is 31.8 Å². The molecule has 94 valence electrons. The molecule has 0 heterocycles. The molecule has 17 heavy (non-hydrogen) atoms. The zero-order valence-corrected chi connectivity index (χ0v) is 10.4. The maximum Gasteiger partial charge on any atom is 0.0836 e. The van der Waals surface area contributed by atoms with Crippen LogP contribution in [-0.2, 0) is 0 Å². The van der Waals surface area contributed by atoms with Gasteiger partial charge < -0.3 is 10.2 Å². The molecule has 0 aromatic rings. The molecule has 0 aliphatic carbocycles. The monoisotopic (exact) mass is 234 g/mol. The fourth-order valence-electron chi connectivity index (χ4n) is 1.26. The Morgan fingerprint density at radius 1 is 1.00 bits per heavy atom. The van der Waals surface area contributed by atoms with Crippen LogP contribution in [0.4, 0.5) is 0 Å². The summed E-state index contributed by atoms with van der Waals surface area (Å²) in [5.41, 5.74) is 0. The van der Waals surface area contributed by atoms with Crippen molar-refractivity contribution in [1.29, 1.82) is 0 Å². The predicted molar refractivity (Wildman–Crippen MR) is 72.4 cm³/mol. The maximum atomic E-state index is 9.61. The standard InChI is InChI=1S/C15H22O2/c1-3-5-7-8-9-11-13-15(17)14(16)12-10-6-4-2/h2,5-7,9-11,14-17H,3,8,12-13H2,1H3/b7-5-,10-6-,11-9-/t14-,15-/m1/s1. The summed E-state index contributed by atoms with van der Waals surface area (Å²) in [4.78, 5) is 0. The van der Waals surface area contributed by atoms with Crippen molar-refractivity contribution in [2.75, 3.05) is 0 Å².